The van der Waals surface area contributed by atoms with Crippen LogP contribution in [-0.4, -0.2) is 9.97 Å². The quantitative estimate of drug-likeness (QED) is 0.190. The summed E-state index contributed by atoms with van der Waals surface area (Å²) < 4.78 is 6.60. The monoisotopic (exact) mass is 598 g/mol. The van der Waals surface area contributed by atoms with Gasteiger partial charge in [-0.15, -0.1) is 0 Å². The maximum Gasteiger partial charge on any atom is 0.143 e. The van der Waals surface area contributed by atoms with Crippen LogP contribution in [0, 0.1) is 0 Å². The highest BCUT2D eigenvalue weighted by Gasteiger charge is 2.20. The maximum absolute atomic E-state index is 6.60. The van der Waals surface area contributed by atoms with Crippen molar-refractivity contribution in [3.05, 3.63) is 158 Å². The fraction of sp³-hybridized carbons (Fsp3) is 0. The second kappa shape index (κ2) is 10.1. The van der Waals surface area contributed by atoms with E-state index in [4.69, 9.17) is 14.4 Å². The molecule has 218 valence electrons. The molecule has 0 atom stereocenters. The first kappa shape index (κ1) is 26.0. The van der Waals surface area contributed by atoms with Crippen molar-refractivity contribution in [1.82, 2.24) is 9.97 Å². The molecule has 10 rings (SSSR count). The highest BCUT2D eigenvalue weighted by atomic mass is 16.3. The first-order chi connectivity index (χ1) is 23.3. The summed E-state index contributed by atoms with van der Waals surface area (Å²) in [6.07, 6.45) is 0. The Morgan fingerprint density at radius 1 is 0.383 bits per heavy atom. The normalized spacial score (nSPS) is 11.8. The fourth-order valence-corrected chi connectivity index (χ4v) is 7.28. The Kier molecular flexibility index (Phi) is 5.57. The van der Waals surface area contributed by atoms with Crippen LogP contribution in [0.4, 0.5) is 0 Å². The lowest BCUT2D eigenvalue weighted by Crippen LogP contribution is -1.97. The van der Waals surface area contributed by atoms with Gasteiger partial charge in [-0.3, -0.25) is 0 Å². The number of aromatic nitrogens is 2. The molecular formula is C44H26N2O. The summed E-state index contributed by atoms with van der Waals surface area (Å²) in [5.41, 5.74) is 9.49. The fourth-order valence-electron chi connectivity index (χ4n) is 7.28. The highest BCUT2D eigenvalue weighted by molar-refractivity contribution is 6.24. The van der Waals surface area contributed by atoms with Gasteiger partial charge in [0.1, 0.15) is 11.2 Å². The number of furan rings is 1. The van der Waals surface area contributed by atoms with Crippen LogP contribution in [0.3, 0.4) is 0 Å². The van der Waals surface area contributed by atoms with Crippen molar-refractivity contribution in [2.45, 2.75) is 0 Å². The van der Waals surface area contributed by atoms with Gasteiger partial charge in [-0.25, -0.2) is 9.97 Å². The number of para-hydroxylation sites is 1. The zero-order valence-electron chi connectivity index (χ0n) is 25.3. The number of rotatable bonds is 3. The van der Waals surface area contributed by atoms with Crippen molar-refractivity contribution in [3.63, 3.8) is 0 Å². The Bertz CT molecular complexity index is 2850. The molecule has 0 unspecified atom stereocenters. The van der Waals surface area contributed by atoms with Crippen molar-refractivity contribution in [1.29, 1.82) is 0 Å². The van der Waals surface area contributed by atoms with Crippen LogP contribution < -0.4 is 0 Å². The molecule has 2 aromatic heterocycles. The number of hydrogen-bond donors (Lipinski definition) is 0. The van der Waals surface area contributed by atoms with Gasteiger partial charge in [-0.1, -0.05) is 140 Å². The summed E-state index contributed by atoms with van der Waals surface area (Å²) >= 11 is 0. The molecule has 0 fully saturated rings. The van der Waals surface area contributed by atoms with Crippen LogP contribution in [0.15, 0.2) is 162 Å². The van der Waals surface area contributed by atoms with E-state index >= 15 is 0 Å². The first-order valence-corrected chi connectivity index (χ1v) is 15.9. The number of benzene rings is 8. The lowest BCUT2D eigenvalue weighted by atomic mass is 9.94. The van der Waals surface area contributed by atoms with Gasteiger partial charge in [0.05, 0.1) is 22.4 Å². The standard InChI is InChI=1S/C44H26N2O/c1-2-13-27(14-3-1)40-41(46-43-35-22-9-7-20-33(35)32-19-6-8-21-34(32)42(43)45-40)30-17-12-16-28(25-30)37-26-29-15-4-5-18-31(29)39-36-23-10-11-24-38(36)47-44(37)39/h1-26H. The molecule has 10 aromatic rings. The zero-order valence-corrected chi connectivity index (χ0v) is 25.3. The minimum Gasteiger partial charge on any atom is -0.455 e. The lowest BCUT2D eigenvalue weighted by molar-refractivity contribution is 0.670. The molecule has 8 aromatic carbocycles. The predicted molar refractivity (Wildman–Crippen MR) is 196 cm³/mol. The minimum atomic E-state index is 0.854. The first-order valence-electron chi connectivity index (χ1n) is 15.9. The molecule has 0 bridgehead atoms. The van der Waals surface area contributed by atoms with E-state index in [1.54, 1.807) is 0 Å². The van der Waals surface area contributed by atoms with Gasteiger partial charge in [0, 0.05) is 38.2 Å². The SMILES string of the molecule is c1ccc(-c2nc3c4ccccc4c4ccccc4c3nc2-c2cccc(-c3cc4ccccc4c4c3oc3ccccc34)c2)cc1. The van der Waals surface area contributed by atoms with Gasteiger partial charge in [-0.2, -0.15) is 0 Å². The average molecular weight is 599 g/mol. The third-order valence-corrected chi connectivity index (χ3v) is 9.41. The third kappa shape index (κ3) is 3.93. The number of hydrogen-bond acceptors (Lipinski definition) is 3. The van der Waals surface area contributed by atoms with Crippen molar-refractivity contribution in [3.8, 4) is 33.6 Å². The van der Waals surface area contributed by atoms with E-state index in [2.05, 4.69) is 146 Å². The molecule has 2 heterocycles. The van der Waals surface area contributed by atoms with E-state index in [0.29, 0.717) is 0 Å². The van der Waals surface area contributed by atoms with Gasteiger partial charge in [0.25, 0.3) is 0 Å². The maximum atomic E-state index is 6.60. The molecular weight excluding hydrogens is 572 g/mol. The Balaban J connectivity index is 1.28. The molecule has 3 heteroatoms. The minimum absolute atomic E-state index is 0.854. The summed E-state index contributed by atoms with van der Waals surface area (Å²) in [7, 11) is 0. The summed E-state index contributed by atoms with van der Waals surface area (Å²) in [4.78, 5) is 10.9. The molecule has 47 heavy (non-hydrogen) atoms. The van der Waals surface area contributed by atoms with E-state index in [-0.39, 0.29) is 0 Å². The van der Waals surface area contributed by atoms with Gasteiger partial charge >= 0.3 is 0 Å². The summed E-state index contributed by atoms with van der Waals surface area (Å²) in [5.74, 6) is 0. The molecule has 0 saturated carbocycles. The van der Waals surface area contributed by atoms with Crippen LogP contribution in [0.25, 0.3) is 98.9 Å². The Morgan fingerprint density at radius 3 is 1.64 bits per heavy atom. The van der Waals surface area contributed by atoms with Gasteiger partial charge in [-0.05, 0) is 45.3 Å². The van der Waals surface area contributed by atoms with Gasteiger partial charge in [0.15, 0.2) is 0 Å². The summed E-state index contributed by atoms with van der Waals surface area (Å²) in [6.45, 7) is 0. The van der Waals surface area contributed by atoms with Crippen LogP contribution in [0.2, 0.25) is 0 Å². The van der Waals surface area contributed by atoms with E-state index in [9.17, 15) is 0 Å². The Hall–Kier alpha value is -6.32. The molecule has 0 amide bonds. The third-order valence-electron chi connectivity index (χ3n) is 9.41. The van der Waals surface area contributed by atoms with Crippen LogP contribution in [-0.2, 0) is 0 Å². The molecule has 0 N–H and O–H groups in total. The van der Waals surface area contributed by atoms with Crippen LogP contribution >= 0.6 is 0 Å². The molecule has 0 spiro atoms. The van der Waals surface area contributed by atoms with E-state index in [1.807, 2.05) is 12.1 Å². The average Bonchev–Trinajstić information content (AvgIpc) is 3.55. The summed E-state index contributed by atoms with van der Waals surface area (Å²) in [6, 6.07) is 55.2. The molecule has 0 aliphatic carbocycles. The lowest BCUT2D eigenvalue weighted by Gasteiger charge is -2.15. The van der Waals surface area contributed by atoms with Gasteiger partial charge in [0.2, 0.25) is 0 Å². The molecule has 0 radical (unpaired) electrons. The Morgan fingerprint density at radius 2 is 0.915 bits per heavy atom. The molecule has 3 nitrogen and oxygen atoms in total. The second-order valence-electron chi connectivity index (χ2n) is 12.1. The van der Waals surface area contributed by atoms with Crippen molar-refractivity contribution >= 4 is 65.3 Å². The predicted octanol–water partition coefficient (Wildman–Crippen LogP) is 12.0. The smallest absolute Gasteiger partial charge is 0.143 e. The topological polar surface area (TPSA) is 38.9 Å². The van der Waals surface area contributed by atoms with E-state index < -0.39 is 0 Å². The zero-order chi connectivity index (χ0) is 30.9. The second-order valence-corrected chi connectivity index (χ2v) is 12.1. The van der Waals surface area contributed by atoms with Crippen molar-refractivity contribution < 1.29 is 4.42 Å². The van der Waals surface area contributed by atoms with Crippen molar-refractivity contribution in [2.75, 3.05) is 0 Å². The number of nitrogens with zero attached hydrogens (tertiary/aromatic N) is 2. The number of fused-ring (bicyclic) bond motifs is 11. The Labute approximate surface area is 270 Å². The molecule has 0 aliphatic rings. The van der Waals surface area contributed by atoms with Crippen LogP contribution in [0.1, 0.15) is 0 Å². The van der Waals surface area contributed by atoms with Crippen LogP contribution in [0.5, 0.6) is 0 Å². The van der Waals surface area contributed by atoms with Crippen molar-refractivity contribution in [2.24, 2.45) is 0 Å². The summed E-state index contributed by atoms with van der Waals surface area (Å²) in [5, 5.41) is 9.22. The molecule has 0 aliphatic heterocycles. The highest BCUT2D eigenvalue weighted by Crippen LogP contribution is 2.43. The molecule has 0 saturated heterocycles. The van der Waals surface area contributed by atoms with E-state index in [0.717, 1.165) is 77.4 Å². The van der Waals surface area contributed by atoms with E-state index in [1.165, 1.54) is 21.5 Å². The van der Waals surface area contributed by atoms with Gasteiger partial charge < -0.3 is 4.42 Å². The largest absolute Gasteiger partial charge is 0.455 e.